The van der Waals surface area contributed by atoms with E-state index < -0.39 is 12.6 Å². The van der Waals surface area contributed by atoms with Crippen LogP contribution in [0, 0.1) is 0 Å². The smallest absolute Gasteiger partial charge is 0.776 e. The molecule has 0 radical (unpaired) electrons. The van der Waals surface area contributed by atoms with Gasteiger partial charge in [-0.2, -0.15) is 0 Å². The van der Waals surface area contributed by atoms with Crippen LogP contribution in [0.4, 0.5) is 0 Å². The average molecular weight is 146 g/mol. The second kappa shape index (κ2) is 7.74. The fraction of sp³-hybridized carbons (Fsp3) is 0.500. The van der Waals surface area contributed by atoms with E-state index in [-0.39, 0.29) is 41.9 Å². The van der Waals surface area contributed by atoms with Crippen molar-refractivity contribution in [1.82, 2.24) is 0 Å². The van der Waals surface area contributed by atoms with E-state index in [1.54, 1.807) is 0 Å². The third kappa shape index (κ3) is 9.88. The maximum absolute atomic E-state index is 9.48. The van der Waals surface area contributed by atoms with Crippen LogP contribution in [0.15, 0.2) is 0 Å². The van der Waals surface area contributed by atoms with Crippen LogP contribution in [0.2, 0.25) is 0 Å². The van der Waals surface area contributed by atoms with Gasteiger partial charge in [-0.15, -0.1) is 12.3 Å². The second-order valence-electron chi connectivity index (χ2n) is 0.724. The van der Waals surface area contributed by atoms with Crippen molar-refractivity contribution in [3.8, 4) is 0 Å². The quantitative estimate of drug-likeness (QED) is 0.337. The SMILES string of the molecule is O=C(O)COS[O-].[Na+]. The van der Waals surface area contributed by atoms with Crippen LogP contribution in [-0.2, 0) is 8.98 Å². The zero-order valence-corrected chi connectivity index (χ0v) is 7.10. The van der Waals surface area contributed by atoms with E-state index in [0.29, 0.717) is 0 Å². The minimum Gasteiger partial charge on any atom is -0.776 e. The minimum absolute atomic E-state index is 0. The number of rotatable bonds is 3. The summed E-state index contributed by atoms with van der Waals surface area (Å²) in [4.78, 5) is 9.48. The van der Waals surface area contributed by atoms with Crippen molar-refractivity contribution in [2.45, 2.75) is 0 Å². The molecule has 0 saturated carbocycles. The Balaban J connectivity index is 0. The van der Waals surface area contributed by atoms with Crippen LogP contribution < -0.4 is 29.6 Å². The van der Waals surface area contributed by atoms with Crippen molar-refractivity contribution in [2.24, 2.45) is 0 Å². The van der Waals surface area contributed by atoms with Crippen molar-refractivity contribution in [2.75, 3.05) is 6.61 Å². The van der Waals surface area contributed by atoms with Gasteiger partial charge < -0.3 is 13.8 Å². The molecule has 42 valence electrons. The summed E-state index contributed by atoms with van der Waals surface area (Å²) < 4.78 is 13.1. The molecular weight excluding hydrogens is 143 g/mol. The molecule has 0 saturated heterocycles. The third-order valence-corrected chi connectivity index (χ3v) is 0.445. The summed E-state index contributed by atoms with van der Waals surface area (Å²) in [5, 5.41) is 7.77. The van der Waals surface area contributed by atoms with Crippen LogP contribution in [0.1, 0.15) is 0 Å². The number of hydrogen-bond donors (Lipinski definition) is 1. The summed E-state index contributed by atoms with van der Waals surface area (Å²) in [7, 11) is 0. The zero-order valence-electron chi connectivity index (χ0n) is 4.29. The molecule has 1 N–H and O–H groups in total. The number of carboxylic acids is 1. The van der Waals surface area contributed by atoms with E-state index in [2.05, 4.69) is 4.18 Å². The number of carbonyl (C=O) groups is 1. The molecule has 0 unspecified atom stereocenters. The molecule has 0 amide bonds. The van der Waals surface area contributed by atoms with E-state index in [1.807, 2.05) is 0 Å². The first-order chi connectivity index (χ1) is 3.27. The van der Waals surface area contributed by atoms with Crippen LogP contribution in [0.25, 0.3) is 0 Å². The summed E-state index contributed by atoms with van der Waals surface area (Å²) in [5.41, 5.74) is 0. The van der Waals surface area contributed by atoms with E-state index in [0.717, 1.165) is 0 Å². The Hall–Kier alpha value is 0.740. The Morgan fingerprint density at radius 2 is 2.38 bits per heavy atom. The van der Waals surface area contributed by atoms with Gasteiger partial charge in [0, 0.05) is 0 Å². The van der Waals surface area contributed by atoms with E-state index >= 15 is 0 Å². The van der Waals surface area contributed by atoms with Gasteiger partial charge in [0.15, 0.2) is 6.61 Å². The summed E-state index contributed by atoms with van der Waals surface area (Å²) in [5.74, 6) is -1.14. The molecule has 4 nitrogen and oxygen atoms in total. The summed E-state index contributed by atoms with van der Waals surface area (Å²) in [6.45, 7) is -0.534. The summed E-state index contributed by atoms with van der Waals surface area (Å²) in [6.07, 6.45) is 0. The maximum Gasteiger partial charge on any atom is 1.00 e. The van der Waals surface area contributed by atoms with E-state index in [1.165, 1.54) is 0 Å². The van der Waals surface area contributed by atoms with Gasteiger partial charge in [-0.3, -0.25) is 0 Å². The summed E-state index contributed by atoms with van der Waals surface area (Å²) in [6, 6.07) is 0. The first-order valence-corrected chi connectivity index (χ1v) is 2.07. The fourth-order valence-corrected chi connectivity index (χ4v) is 0.223. The van der Waals surface area contributed by atoms with Gasteiger partial charge in [0.25, 0.3) is 0 Å². The van der Waals surface area contributed by atoms with Crippen molar-refractivity contribution in [3.63, 3.8) is 0 Å². The van der Waals surface area contributed by atoms with Gasteiger partial charge in [-0.25, -0.2) is 4.79 Å². The number of hydrogen-bond acceptors (Lipinski definition) is 4. The fourth-order valence-electron chi connectivity index (χ4n) is 0.0745. The molecule has 6 heteroatoms. The monoisotopic (exact) mass is 146 g/mol. The molecule has 0 aliphatic carbocycles. The molecule has 0 rings (SSSR count). The van der Waals surface area contributed by atoms with Gasteiger partial charge in [0.05, 0.1) is 0 Å². The molecule has 0 aromatic carbocycles. The molecule has 0 aliphatic heterocycles. The maximum atomic E-state index is 9.48. The first-order valence-electron chi connectivity index (χ1n) is 1.40. The van der Waals surface area contributed by atoms with Crippen molar-refractivity contribution >= 4 is 18.3 Å². The minimum atomic E-state index is -1.14. The van der Waals surface area contributed by atoms with Gasteiger partial charge in [-0.05, 0) is 0 Å². The van der Waals surface area contributed by atoms with Crippen LogP contribution >= 0.6 is 12.3 Å². The number of carboxylic acid groups (broad SMARTS) is 1. The molecule has 0 aliphatic rings. The van der Waals surface area contributed by atoms with Gasteiger partial charge >= 0.3 is 35.5 Å². The molecule has 0 spiro atoms. The normalized spacial score (nSPS) is 7.62. The van der Waals surface area contributed by atoms with Gasteiger partial charge in [0.1, 0.15) is 0 Å². The Labute approximate surface area is 72.9 Å². The van der Waals surface area contributed by atoms with Crippen LogP contribution in [0.3, 0.4) is 0 Å². The molecule has 0 atom stereocenters. The molecular formula is C2H3NaO4S. The van der Waals surface area contributed by atoms with E-state index in [4.69, 9.17) is 5.11 Å². The Bertz CT molecular complexity index is 67.1. The van der Waals surface area contributed by atoms with Crippen molar-refractivity contribution in [1.29, 1.82) is 0 Å². The average Bonchev–Trinajstić information content (AvgIpc) is 1.61. The zero-order chi connectivity index (χ0) is 5.70. The largest absolute Gasteiger partial charge is 1.00 e. The summed E-state index contributed by atoms with van der Waals surface area (Å²) >= 11 is -0.201. The molecule has 8 heavy (non-hydrogen) atoms. The predicted molar refractivity (Wildman–Crippen MR) is 22.0 cm³/mol. The van der Waals surface area contributed by atoms with Crippen LogP contribution in [0.5, 0.6) is 0 Å². The second-order valence-corrected chi connectivity index (χ2v) is 1.10. The Kier molecular flexibility index (Phi) is 11.2. The standard InChI is InChI=1S/C2H4O4S.Na/c3-2(4)1-6-7-5;/h5H,1H2,(H,3,4);/q;+1/p-1. The van der Waals surface area contributed by atoms with E-state index in [9.17, 15) is 9.35 Å². The first kappa shape index (κ1) is 11.5. The molecule has 0 aromatic rings. The Morgan fingerprint density at radius 1 is 1.88 bits per heavy atom. The van der Waals surface area contributed by atoms with Crippen molar-refractivity contribution in [3.05, 3.63) is 0 Å². The van der Waals surface area contributed by atoms with Crippen LogP contribution in [-0.4, -0.2) is 22.2 Å². The molecule has 0 fully saturated rings. The van der Waals surface area contributed by atoms with Gasteiger partial charge in [-0.1, -0.05) is 0 Å². The van der Waals surface area contributed by atoms with Gasteiger partial charge in [0.2, 0.25) is 0 Å². The third-order valence-electron chi connectivity index (χ3n) is 0.231. The topological polar surface area (TPSA) is 69.6 Å². The number of aliphatic carboxylic acids is 1. The molecule has 0 aromatic heterocycles. The molecule has 0 bridgehead atoms. The molecule has 0 heterocycles. The predicted octanol–water partition coefficient (Wildman–Crippen LogP) is -3.13. The Morgan fingerprint density at radius 3 is 2.50 bits per heavy atom. The van der Waals surface area contributed by atoms with Crippen molar-refractivity contribution < 1.29 is 48.2 Å².